The molecule has 0 aliphatic heterocycles. The van der Waals surface area contributed by atoms with Gasteiger partial charge in [-0.3, -0.25) is 4.79 Å². The van der Waals surface area contributed by atoms with Crippen molar-refractivity contribution in [1.82, 2.24) is 20.1 Å². The summed E-state index contributed by atoms with van der Waals surface area (Å²) in [7, 11) is 0. The van der Waals surface area contributed by atoms with Gasteiger partial charge in [0, 0.05) is 18.9 Å². The molecule has 6 nitrogen and oxygen atoms in total. The molecule has 6 heteroatoms. The van der Waals surface area contributed by atoms with Gasteiger partial charge in [-0.15, -0.1) is 0 Å². The minimum Gasteiger partial charge on any atom is -0.392 e. The number of aromatic nitrogens is 3. The minimum absolute atomic E-state index is 0.201. The predicted octanol–water partition coefficient (Wildman–Crippen LogP) is 0.378. The Balaban J connectivity index is 2.15. The van der Waals surface area contributed by atoms with Crippen LogP contribution < -0.4 is 5.32 Å². The maximum absolute atomic E-state index is 11.8. The number of carbonyl (C=O) groups is 1. The second-order valence-electron chi connectivity index (χ2n) is 3.89. The molecule has 0 saturated heterocycles. The molecule has 0 bridgehead atoms. The van der Waals surface area contributed by atoms with E-state index >= 15 is 0 Å². The Hall–Kier alpha value is -2.21. The number of nitrogens with zero attached hydrogens (tertiary/aromatic N) is 3. The molecule has 0 aliphatic rings. The number of nitrogens with one attached hydrogen (secondary N) is 1. The summed E-state index contributed by atoms with van der Waals surface area (Å²) >= 11 is 0. The summed E-state index contributed by atoms with van der Waals surface area (Å²) in [5, 5.41) is 15.7. The van der Waals surface area contributed by atoms with Gasteiger partial charge >= 0.3 is 0 Å². The second-order valence-corrected chi connectivity index (χ2v) is 3.89. The van der Waals surface area contributed by atoms with Crippen molar-refractivity contribution in [3.63, 3.8) is 0 Å². The van der Waals surface area contributed by atoms with Crippen LogP contribution in [0.5, 0.6) is 0 Å². The molecule has 0 fully saturated rings. The van der Waals surface area contributed by atoms with Gasteiger partial charge < -0.3 is 10.4 Å². The summed E-state index contributed by atoms with van der Waals surface area (Å²) in [6.07, 6.45) is 2.81. The van der Waals surface area contributed by atoms with Crippen molar-refractivity contribution in [3.05, 3.63) is 42.4 Å². The van der Waals surface area contributed by atoms with Crippen molar-refractivity contribution in [2.24, 2.45) is 0 Å². The zero-order valence-corrected chi connectivity index (χ0v) is 9.95. The second kappa shape index (κ2) is 5.42. The Morgan fingerprint density at radius 1 is 1.50 bits per heavy atom. The highest BCUT2D eigenvalue weighted by molar-refractivity contribution is 5.92. The molecule has 2 heterocycles. The number of carbonyl (C=O) groups excluding carboxylic acids is 1. The van der Waals surface area contributed by atoms with E-state index in [-0.39, 0.29) is 12.5 Å². The third kappa shape index (κ3) is 2.92. The highest BCUT2D eigenvalue weighted by atomic mass is 16.3. The monoisotopic (exact) mass is 246 g/mol. The fraction of sp³-hybridized carbons (Fsp3) is 0.250. The molecule has 2 aromatic heterocycles. The summed E-state index contributed by atoms with van der Waals surface area (Å²) in [5.74, 6) is 0.259. The lowest BCUT2D eigenvalue weighted by atomic mass is 10.3. The van der Waals surface area contributed by atoms with Gasteiger partial charge in [-0.25, -0.2) is 9.67 Å². The molecule has 2 aromatic rings. The summed E-state index contributed by atoms with van der Waals surface area (Å²) < 4.78 is 1.57. The van der Waals surface area contributed by atoms with Crippen molar-refractivity contribution >= 4 is 5.91 Å². The SMILES string of the molecule is CC(O)CNC(=O)c1cccc(-n2cccn2)n1. The fourth-order valence-electron chi connectivity index (χ4n) is 1.41. The number of aliphatic hydroxyl groups excluding tert-OH is 1. The summed E-state index contributed by atoms with van der Waals surface area (Å²) in [5.41, 5.74) is 0.295. The van der Waals surface area contributed by atoms with E-state index in [0.29, 0.717) is 11.5 Å². The van der Waals surface area contributed by atoms with Crippen LogP contribution in [0.4, 0.5) is 0 Å². The van der Waals surface area contributed by atoms with Gasteiger partial charge in [0.2, 0.25) is 0 Å². The highest BCUT2D eigenvalue weighted by Crippen LogP contribution is 2.04. The topological polar surface area (TPSA) is 80.0 Å². The van der Waals surface area contributed by atoms with Crippen molar-refractivity contribution in [3.8, 4) is 5.82 Å². The summed E-state index contributed by atoms with van der Waals surface area (Å²) in [6, 6.07) is 6.89. The number of hydrogen-bond acceptors (Lipinski definition) is 4. The summed E-state index contributed by atoms with van der Waals surface area (Å²) in [4.78, 5) is 16.0. The largest absolute Gasteiger partial charge is 0.392 e. The van der Waals surface area contributed by atoms with Gasteiger partial charge in [-0.1, -0.05) is 6.07 Å². The first-order valence-corrected chi connectivity index (χ1v) is 5.60. The van der Waals surface area contributed by atoms with Crippen molar-refractivity contribution < 1.29 is 9.90 Å². The molecule has 0 saturated carbocycles. The number of hydrogen-bond donors (Lipinski definition) is 2. The molecule has 2 N–H and O–H groups in total. The number of aliphatic hydroxyl groups is 1. The van der Waals surface area contributed by atoms with Crippen LogP contribution in [0.25, 0.3) is 5.82 Å². The van der Waals surface area contributed by atoms with Crippen molar-refractivity contribution in [2.45, 2.75) is 13.0 Å². The zero-order chi connectivity index (χ0) is 13.0. The Labute approximate surface area is 104 Å². The smallest absolute Gasteiger partial charge is 0.270 e. The maximum Gasteiger partial charge on any atom is 0.270 e. The average molecular weight is 246 g/mol. The first-order chi connectivity index (χ1) is 8.66. The molecule has 1 amide bonds. The van der Waals surface area contributed by atoms with Crippen LogP contribution in [0.1, 0.15) is 17.4 Å². The van der Waals surface area contributed by atoms with E-state index in [0.717, 1.165) is 0 Å². The van der Waals surface area contributed by atoms with E-state index in [1.165, 1.54) is 0 Å². The Bertz CT molecular complexity index is 523. The number of amides is 1. The molecule has 1 unspecified atom stereocenters. The van der Waals surface area contributed by atoms with Crippen LogP contribution in [0, 0.1) is 0 Å². The molecule has 0 radical (unpaired) electrons. The van der Waals surface area contributed by atoms with Gasteiger partial charge in [0.15, 0.2) is 5.82 Å². The zero-order valence-electron chi connectivity index (χ0n) is 9.95. The first kappa shape index (κ1) is 12.3. The summed E-state index contributed by atoms with van der Waals surface area (Å²) in [6.45, 7) is 1.81. The lowest BCUT2D eigenvalue weighted by Crippen LogP contribution is -2.31. The van der Waals surface area contributed by atoms with Gasteiger partial charge in [-0.2, -0.15) is 5.10 Å². The van der Waals surface area contributed by atoms with Crippen LogP contribution >= 0.6 is 0 Å². The lowest BCUT2D eigenvalue weighted by molar-refractivity contribution is 0.0919. The maximum atomic E-state index is 11.8. The van der Waals surface area contributed by atoms with Gasteiger partial charge in [0.1, 0.15) is 5.69 Å². The van der Waals surface area contributed by atoms with E-state index in [1.54, 1.807) is 48.3 Å². The molecule has 0 spiro atoms. The van der Waals surface area contributed by atoms with Gasteiger partial charge in [-0.05, 0) is 25.1 Å². The third-order valence-corrected chi connectivity index (χ3v) is 2.26. The molecule has 1 atom stereocenters. The van der Waals surface area contributed by atoms with Gasteiger partial charge in [0.05, 0.1) is 6.10 Å². The van der Waals surface area contributed by atoms with E-state index in [1.807, 2.05) is 0 Å². The molecular formula is C12H14N4O2. The Kier molecular flexibility index (Phi) is 3.69. The Morgan fingerprint density at radius 2 is 2.33 bits per heavy atom. The molecule has 2 rings (SSSR count). The number of pyridine rings is 1. The Morgan fingerprint density at radius 3 is 3.00 bits per heavy atom. The molecule has 18 heavy (non-hydrogen) atoms. The molecule has 0 aromatic carbocycles. The van der Waals surface area contributed by atoms with Crippen LogP contribution in [0.3, 0.4) is 0 Å². The molecular weight excluding hydrogens is 232 g/mol. The van der Waals surface area contributed by atoms with Crippen LogP contribution in [-0.4, -0.2) is 38.4 Å². The normalized spacial score (nSPS) is 12.1. The fourth-order valence-corrected chi connectivity index (χ4v) is 1.41. The minimum atomic E-state index is -0.580. The van der Waals surface area contributed by atoms with Crippen molar-refractivity contribution in [2.75, 3.05) is 6.54 Å². The first-order valence-electron chi connectivity index (χ1n) is 5.60. The number of rotatable bonds is 4. The molecule has 94 valence electrons. The van der Waals surface area contributed by atoms with Gasteiger partial charge in [0.25, 0.3) is 5.91 Å². The highest BCUT2D eigenvalue weighted by Gasteiger charge is 2.09. The van der Waals surface area contributed by atoms with E-state index < -0.39 is 6.10 Å². The van der Waals surface area contributed by atoms with E-state index in [4.69, 9.17) is 5.11 Å². The van der Waals surface area contributed by atoms with Crippen LogP contribution in [-0.2, 0) is 0 Å². The lowest BCUT2D eigenvalue weighted by Gasteiger charge is -2.07. The van der Waals surface area contributed by atoms with Crippen molar-refractivity contribution in [1.29, 1.82) is 0 Å². The van der Waals surface area contributed by atoms with E-state index in [9.17, 15) is 4.79 Å². The standard InChI is InChI=1S/C12H14N4O2/c1-9(17)8-13-12(18)10-4-2-5-11(15-10)16-7-3-6-14-16/h2-7,9,17H,8H2,1H3,(H,13,18). The quantitative estimate of drug-likeness (QED) is 0.817. The average Bonchev–Trinajstić information content (AvgIpc) is 2.90. The third-order valence-electron chi connectivity index (χ3n) is 2.26. The predicted molar refractivity (Wildman–Crippen MR) is 65.4 cm³/mol. The molecule has 0 aliphatic carbocycles. The van der Waals surface area contributed by atoms with E-state index in [2.05, 4.69) is 15.4 Å². The van der Waals surface area contributed by atoms with Crippen LogP contribution in [0.15, 0.2) is 36.7 Å². The van der Waals surface area contributed by atoms with Crippen LogP contribution in [0.2, 0.25) is 0 Å².